The van der Waals surface area contributed by atoms with Gasteiger partial charge in [0, 0.05) is 32.7 Å². The van der Waals surface area contributed by atoms with E-state index in [1.807, 2.05) is 37.3 Å². The van der Waals surface area contributed by atoms with E-state index in [4.69, 9.17) is 9.47 Å². The maximum absolute atomic E-state index is 13.2. The molecule has 162 valence electrons. The third-order valence-corrected chi connectivity index (χ3v) is 5.05. The highest BCUT2D eigenvalue weighted by Gasteiger charge is 2.13. The summed E-state index contributed by atoms with van der Waals surface area (Å²) in [6.45, 7) is 7.62. The summed E-state index contributed by atoms with van der Waals surface area (Å²) in [5.74, 6) is 0.451. The second-order valence-corrected chi connectivity index (χ2v) is 7.41. The van der Waals surface area contributed by atoms with Gasteiger partial charge in [-0.1, -0.05) is 24.3 Å². The third kappa shape index (κ3) is 7.40. The van der Waals surface area contributed by atoms with Crippen molar-refractivity contribution in [1.29, 1.82) is 0 Å². The van der Waals surface area contributed by atoms with Crippen LogP contribution in [0.5, 0.6) is 5.75 Å². The summed E-state index contributed by atoms with van der Waals surface area (Å²) in [5, 5.41) is 6.22. The second-order valence-electron chi connectivity index (χ2n) is 7.41. The van der Waals surface area contributed by atoms with Crippen LogP contribution in [0.2, 0.25) is 0 Å². The summed E-state index contributed by atoms with van der Waals surface area (Å²) >= 11 is 0. The smallest absolute Gasteiger partial charge is 0.236 e. The molecule has 3 rings (SSSR count). The van der Waals surface area contributed by atoms with Crippen molar-refractivity contribution in [3.63, 3.8) is 0 Å². The molecule has 1 aliphatic heterocycles. The number of hydrogen-bond acceptors (Lipinski definition) is 5. The average molecular weight is 416 g/mol. The van der Waals surface area contributed by atoms with Crippen molar-refractivity contribution in [3.05, 3.63) is 65.5 Å². The molecule has 0 aromatic heterocycles. The molecule has 30 heavy (non-hydrogen) atoms. The highest BCUT2D eigenvalue weighted by molar-refractivity contribution is 5.81. The first kappa shape index (κ1) is 22.2. The van der Waals surface area contributed by atoms with Crippen LogP contribution in [0.4, 0.5) is 4.39 Å². The Morgan fingerprint density at radius 2 is 1.93 bits per heavy atom. The van der Waals surface area contributed by atoms with Crippen LogP contribution in [-0.2, 0) is 22.7 Å². The predicted molar refractivity (Wildman–Crippen MR) is 114 cm³/mol. The van der Waals surface area contributed by atoms with E-state index in [0.29, 0.717) is 19.7 Å². The molecule has 2 aromatic rings. The topological polar surface area (TPSA) is 62.8 Å². The van der Waals surface area contributed by atoms with Gasteiger partial charge in [-0.25, -0.2) is 4.39 Å². The van der Waals surface area contributed by atoms with E-state index in [1.165, 1.54) is 12.1 Å². The maximum Gasteiger partial charge on any atom is 0.236 e. The molecule has 0 unspecified atom stereocenters. The van der Waals surface area contributed by atoms with E-state index in [0.717, 1.165) is 49.7 Å². The van der Waals surface area contributed by atoms with Crippen molar-refractivity contribution in [1.82, 2.24) is 15.5 Å². The first-order chi connectivity index (χ1) is 14.6. The minimum absolute atomic E-state index is 0.00157. The van der Waals surface area contributed by atoms with Crippen LogP contribution in [0.1, 0.15) is 18.1 Å². The van der Waals surface area contributed by atoms with Gasteiger partial charge in [-0.3, -0.25) is 9.69 Å². The summed E-state index contributed by atoms with van der Waals surface area (Å²) in [4.78, 5) is 14.5. The van der Waals surface area contributed by atoms with E-state index in [-0.39, 0.29) is 17.8 Å². The lowest BCUT2D eigenvalue weighted by Gasteiger charge is -2.26. The highest BCUT2D eigenvalue weighted by Crippen LogP contribution is 2.15. The lowest BCUT2D eigenvalue weighted by molar-refractivity contribution is -0.122. The van der Waals surface area contributed by atoms with Crippen molar-refractivity contribution in [2.24, 2.45) is 0 Å². The fourth-order valence-corrected chi connectivity index (χ4v) is 3.18. The monoisotopic (exact) mass is 415 g/mol. The number of nitrogens with one attached hydrogen (secondary N) is 2. The van der Waals surface area contributed by atoms with Crippen molar-refractivity contribution < 1.29 is 18.7 Å². The third-order valence-electron chi connectivity index (χ3n) is 5.05. The number of benzene rings is 2. The van der Waals surface area contributed by atoms with Gasteiger partial charge in [0.05, 0.1) is 19.3 Å². The molecule has 1 fully saturated rings. The molecule has 1 saturated heterocycles. The van der Waals surface area contributed by atoms with Crippen LogP contribution in [0.3, 0.4) is 0 Å². The van der Waals surface area contributed by atoms with E-state index in [9.17, 15) is 9.18 Å². The summed E-state index contributed by atoms with van der Waals surface area (Å²) in [6, 6.07) is 13.8. The first-order valence-electron chi connectivity index (χ1n) is 10.4. The van der Waals surface area contributed by atoms with Crippen molar-refractivity contribution in [2.45, 2.75) is 26.1 Å². The zero-order valence-corrected chi connectivity index (χ0v) is 17.4. The van der Waals surface area contributed by atoms with E-state index in [1.54, 1.807) is 6.07 Å². The number of amides is 1. The van der Waals surface area contributed by atoms with Gasteiger partial charge < -0.3 is 20.1 Å². The summed E-state index contributed by atoms with van der Waals surface area (Å²) in [6.07, 6.45) is 0. The standard InChI is InChI=1S/C23H30FN3O3/c1-18(23(28)25-9-10-27-11-13-29-14-12-27)26-16-19-5-7-22(8-6-19)30-17-20-3-2-4-21(24)15-20/h2-8,15,18,26H,9-14,16-17H2,1H3,(H,25,28)/t18-/m0/s1. The molecule has 2 aromatic carbocycles. The SMILES string of the molecule is C[C@H](NCc1ccc(OCc2cccc(F)c2)cc1)C(=O)NCCN1CCOCC1. The van der Waals surface area contributed by atoms with E-state index in [2.05, 4.69) is 15.5 Å². The van der Waals surface area contributed by atoms with Crippen LogP contribution in [0.15, 0.2) is 48.5 Å². The first-order valence-corrected chi connectivity index (χ1v) is 10.4. The Hall–Kier alpha value is -2.48. The number of ether oxygens (including phenoxy) is 2. The summed E-state index contributed by atoms with van der Waals surface area (Å²) in [5.41, 5.74) is 1.84. The molecule has 0 saturated carbocycles. The van der Waals surface area contributed by atoms with Crippen LogP contribution in [0.25, 0.3) is 0 Å². The highest BCUT2D eigenvalue weighted by atomic mass is 19.1. The molecule has 2 N–H and O–H groups in total. The number of hydrogen-bond donors (Lipinski definition) is 2. The molecule has 1 heterocycles. The Balaban J connectivity index is 1.34. The molecule has 7 heteroatoms. The normalized spacial score (nSPS) is 15.5. The quantitative estimate of drug-likeness (QED) is 0.624. The Kier molecular flexibility index (Phi) is 8.62. The molecular formula is C23H30FN3O3. The minimum Gasteiger partial charge on any atom is -0.489 e. The Labute approximate surface area is 177 Å². The molecule has 0 spiro atoms. The van der Waals surface area contributed by atoms with Gasteiger partial charge in [-0.2, -0.15) is 0 Å². The van der Waals surface area contributed by atoms with Crippen molar-refractivity contribution in [2.75, 3.05) is 39.4 Å². The molecule has 1 amide bonds. The Bertz CT molecular complexity index is 795. The van der Waals surface area contributed by atoms with E-state index >= 15 is 0 Å². The van der Waals surface area contributed by atoms with Gasteiger partial charge in [0.15, 0.2) is 0 Å². The van der Waals surface area contributed by atoms with Gasteiger partial charge >= 0.3 is 0 Å². The minimum atomic E-state index is -0.279. The largest absolute Gasteiger partial charge is 0.489 e. The predicted octanol–water partition coefficient (Wildman–Crippen LogP) is 2.33. The van der Waals surface area contributed by atoms with Crippen LogP contribution < -0.4 is 15.4 Å². The fraction of sp³-hybridized carbons (Fsp3) is 0.435. The fourth-order valence-electron chi connectivity index (χ4n) is 3.18. The lowest BCUT2D eigenvalue weighted by Crippen LogP contribution is -2.46. The van der Waals surface area contributed by atoms with Gasteiger partial charge in [0.2, 0.25) is 5.91 Å². The van der Waals surface area contributed by atoms with Gasteiger partial charge in [-0.15, -0.1) is 0 Å². The number of carbonyl (C=O) groups excluding carboxylic acids is 1. The number of halogens is 1. The van der Waals surface area contributed by atoms with Crippen LogP contribution in [0, 0.1) is 5.82 Å². The average Bonchev–Trinajstić information content (AvgIpc) is 2.77. The number of rotatable bonds is 10. The lowest BCUT2D eigenvalue weighted by atomic mass is 10.2. The zero-order valence-electron chi connectivity index (χ0n) is 17.4. The van der Waals surface area contributed by atoms with Crippen molar-refractivity contribution in [3.8, 4) is 5.75 Å². The maximum atomic E-state index is 13.2. The van der Waals surface area contributed by atoms with Crippen LogP contribution in [-0.4, -0.2) is 56.2 Å². The van der Waals surface area contributed by atoms with Gasteiger partial charge in [0.1, 0.15) is 18.2 Å². The zero-order chi connectivity index (χ0) is 21.2. The Morgan fingerprint density at radius 1 is 1.17 bits per heavy atom. The van der Waals surface area contributed by atoms with Crippen molar-refractivity contribution >= 4 is 5.91 Å². The van der Waals surface area contributed by atoms with Gasteiger partial charge in [0.25, 0.3) is 0 Å². The summed E-state index contributed by atoms with van der Waals surface area (Å²) < 4.78 is 24.2. The molecule has 0 aliphatic carbocycles. The molecule has 1 atom stereocenters. The molecular weight excluding hydrogens is 385 g/mol. The Morgan fingerprint density at radius 3 is 2.67 bits per heavy atom. The number of morpholine rings is 1. The molecule has 0 bridgehead atoms. The van der Waals surface area contributed by atoms with Gasteiger partial charge in [-0.05, 0) is 42.3 Å². The number of nitrogens with zero attached hydrogens (tertiary/aromatic N) is 1. The van der Waals surface area contributed by atoms with E-state index < -0.39 is 0 Å². The molecule has 1 aliphatic rings. The van der Waals surface area contributed by atoms with Crippen LogP contribution >= 0.6 is 0 Å². The second kappa shape index (κ2) is 11.6. The molecule has 0 radical (unpaired) electrons. The molecule has 6 nitrogen and oxygen atoms in total. The summed E-state index contributed by atoms with van der Waals surface area (Å²) in [7, 11) is 0. The number of carbonyl (C=O) groups is 1.